The fourth-order valence-electron chi connectivity index (χ4n) is 2.68. The highest BCUT2D eigenvalue weighted by Crippen LogP contribution is 2.35. The number of carbonyl (C=O) groups is 1. The second-order valence-corrected chi connectivity index (χ2v) is 5.98. The molecule has 1 aromatic rings. The van der Waals surface area contributed by atoms with Crippen molar-refractivity contribution in [3.05, 3.63) is 24.3 Å². The molecule has 1 saturated heterocycles. The van der Waals surface area contributed by atoms with Gasteiger partial charge in [0, 0.05) is 23.2 Å². The number of thioether (sulfide) groups is 1. The van der Waals surface area contributed by atoms with Gasteiger partial charge in [-0.25, -0.2) is 0 Å². The second-order valence-electron chi connectivity index (χ2n) is 4.85. The van der Waals surface area contributed by atoms with Gasteiger partial charge in [0.2, 0.25) is 5.91 Å². The van der Waals surface area contributed by atoms with Crippen LogP contribution in [0.25, 0.3) is 0 Å². The summed E-state index contributed by atoms with van der Waals surface area (Å²) >= 11 is 1.82. The molecule has 0 radical (unpaired) electrons. The topological polar surface area (TPSA) is 41.6 Å². The van der Waals surface area contributed by atoms with Crippen LogP contribution >= 0.6 is 11.8 Å². The molecular weight excluding hydrogens is 260 g/mol. The highest BCUT2D eigenvalue weighted by molar-refractivity contribution is 7.99. The van der Waals surface area contributed by atoms with E-state index in [1.54, 1.807) is 0 Å². The summed E-state index contributed by atoms with van der Waals surface area (Å²) in [7, 11) is 1.89. The van der Waals surface area contributed by atoms with Crippen LogP contribution in [0.15, 0.2) is 29.2 Å². The predicted octanol–water partition coefficient (Wildman–Crippen LogP) is 1.36. The van der Waals surface area contributed by atoms with E-state index in [4.69, 9.17) is 4.74 Å². The number of amides is 1. The summed E-state index contributed by atoms with van der Waals surface area (Å²) in [5.41, 5.74) is 1.05. The first-order chi connectivity index (χ1) is 9.31. The maximum atomic E-state index is 12.7. The zero-order chi connectivity index (χ0) is 13.2. The monoisotopic (exact) mass is 278 g/mol. The van der Waals surface area contributed by atoms with Crippen LogP contribution in [-0.4, -0.2) is 44.5 Å². The van der Waals surface area contributed by atoms with Gasteiger partial charge in [0.1, 0.15) is 0 Å². The van der Waals surface area contributed by atoms with Gasteiger partial charge >= 0.3 is 0 Å². The number of carbonyl (C=O) groups excluding carboxylic acids is 1. The number of para-hydroxylation sites is 1. The minimum absolute atomic E-state index is 0.0684. The first-order valence-corrected chi connectivity index (χ1v) is 7.58. The van der Waals surface area contributed by atoms with Crippen LogP contribution in [0, 0.1) is 5.92 Å². The normalized spacial score (nSPS) is 26.3. The van der Waals surface area contributed by atoms with E-state index in [1.807, 2.05) is 41.9 Å². The van der Waals surface area contributed by atoms with Gasteiger partial charge in [-0.3, -0.25) is 4.79 Å². The summed E-state index contributed by atoms with van der Waals surface area (Å²) < 4.78 is 5.45. The second kappa shape index (κ2) is 5.53. The van der Waals surface area contributed by atoms with Crippen LogP contribution in [0.5, 0.6) is 0 Å². The maximum absolute atomic E-state index is 12.7. The van der Waals surface area contributed by atoms with Gasteiger partial charge < -0.3 is 15.0 Å². The Morgan fingerprint density at radius 3 is 3.11 bits per heavy atom. The van der Waals surface area contributed by atoms with Crippen molar-refractivity contribution in [2.24, 2.45) is 5.92 Å². The van der Waals surface area contributed by atoms with Crippen molar-refractivity contribution in [2.75, 3.05) is 37.5 Å². The van der Waals surface area contributed by atoms with Crippen molar-refractivity contribution in [3.63, 3.8) is 0 Å². The summed E-state index contributed by atoms with van der Waals surface area (Å²) in [4.78, 5) is 15.9. The number of hydrogen-bond acceptors (Lipinski definition) is 4. The Morgan fingerprint density at radius 1 is 1.42 bits per heavy atom. The molecule has 19 heavy (non-hydrogen) atoms. The molecule has 1 fully saturated rings. The van der Waals surface area contributed by atoms with Crippen LogP contribution in [0.3, 0.4) is 0 Å². The largest absolute Gasteiger partial charge is 0.379 e. The van der Waals surface area contributed by atoms with E-state index in [2.05, 4.69) is 11.4 Å². The fourth-order valence-corrected chi connectivity index (χ4v) is 3.68. The third-order valence-corrected chi connectivity index (χ3v) is 4.81. The van der Waals surface area contributed by atoms with Gasteiger partial charge in [-0.15, -0.1) is 11.8 Å². The zero-order valence-electron chi connectivity index (χ0n) is 11.0. The van der Waals surface area contributed by atoms with Crippen molar-refractivity contribution in [1.29, 1.82) is 0 Å². The lowest BCUT2D eigenvalue weighted by molar-refractivity contribution is -0.122. The predicted molar refractivity (Wildman–Crippen MR) is 76.7 cm³/mol. The Balaban J connectivity index is 1.85. The third kappa shape index (κ3) is 2.38. The van der Waals surface area contributed by atoms with Gasteiger partial charge in [-0.05, 0) is 19.2 Å². The van der Waals surface area contributed by atoms with Gasteiger partial charge in [-0.1, -0.05) is 12.1 Å². The molecule has 0 aliphatic carbocycles. The molecule has 2 heterocycles. The molecule has 1 aromatic carbocycles. The summed E-state index contributed by atoms with van der Waals surface area (Å²) in [6.45, 7) is 1.93. The molecule has 4 nitrogen and oxygen atoms in total. The van der Waals surface area contributed by atoms with Gasteiger partial charge in [-0.2, -0.15) is 0 Å². The SMILES string of the molecule is CNC1COCC1C(=O)N1CCSc2ccccc21. The number of nitrogens with zero attached hydrogens (tertiary/aromatic N) is 1. The van der Waals surface area contributed by atoms with Gasteiger partial charge in [0.15, 0.2) is 0 Å². The zero-order valence-corrected chi connectivity index (χ0v) is 11.8. The van der Waals surface area contributed by atoms with E-state index >= 15 is 0 Å². The third-order valence-electron chi connectivity index (χ3n) is 3.76. The number of nitrogens with one attached hydrogen (secondary N) is 1. The Hall–Kier alpha value is -1.04. The number of benzene rings is 1. The molecule has 0 spiro atoms. The molecule has 5 heteroatoms. The standard InChI is InChI=1S/C14H18N2O2S/c1-15-11-9-18-8-10(11)14(17)16-6-7-19-13-5-3-2-4-12(13)16/h2-5,10-11,15H,6-9H2,1H3. The Kier molecular flexibility index (Phi) is 3.77. The molecule has 0 aromatic heterocycles. The van der Waals surface area contributed by atoms with Crippen molar-refractivity contribution in [3.8, 4) is 0 Å². The lowest BCUT2D eigenvalue weighted by atomic mass is 10.0. The minimum atomic E-state index is -0.0684. The lowest BCUT2D eigenvalue weighted by Crippen LogP contribution is -2.46. The average molecular weight is 278 g/mol. The quantitative estimate of drug-likeness (QED) is 0.887. The number of ether oxygens (including phenoxy) is 1. The Bertz CT molecular complexity index is 480. The van der Waals surface area contributed by atoms with E-state index in [-0.39, 0.29) is 17.9 Å². The number of likely N-dealkylation sites (N-methyl/N-ethyl adjacent to an activating group) is 1. The molecule has 102 valence electrons. The molecule has 2 aliphatic heterocycles. The molecule has 1 N–H and O–H groups in total. The van der Waals surface area contributed by atoms with Crippen LogP contribution in [-0.2, 0) is 9.53 Å². The van der Waals surface area contributed by atoms with E-state index in [0.29, 0.717) is 13.2 Å². The first kappa shape index (κ1) is 13.0. The van der Waals surface area contributed by atoms with Gasteiger partial charge in [0.25, 0.3) is 0 Å². The molecule has 0 saturated carbocycles. The van der Waals surface area contributed by atoms with Crippen molar-refractivity contribution in [1.82, 2.24) is 5.32 Å². The van der Waals surface area contributed by atoms with Crippen LogP contribution in [0.2, 0.25) is 0 Å². The summed E-state index contributed by atoms with van der Waals surface area (Å²) in [6.07, 6.45) is 0. The molecule has 1 amide bonds. The Labute approximate surface area is 117 Å². The highest BCUT2D eigenvalue weighted by Gasteiger charge is 2.37. The number of hydrogen-bond donors (Lipinski definition) is 1. The fraction of sp³-hybridized carbons (Fsp3) is 0.500. The minimum Gasteiger partial charge on any atom is -0.379 e. The van der Waals surface area contributed by atoms with Crippen molar-refractivity contribution in [2.45, 2.75) is 10.9 Å². The van der Waals surface area contributed by atoms with E-state index in [9.17, 15) is 4.79 Å². The van der Waals surface area contributed by atoms with Crippen LogP contribution in [0.1, 0.15) is 0 Å². The molecular formula is C14H18N2O2S. The highest BCUT2D eigenvalue weighted by atomic mass is 32.2. The molecule has 2 aliphatic rings. The number of anilines is 1. The lowest BCUT2D eigenvalue weighted by Gasteiger charge is -2.32. The van der Waals surface area contributed by atoms with Crippen molar-refractivity contribution >= 4 is 23.4 Å². The maximum Gasteiger partial charge on any atom is 0.234 e. The van der Waals surface area contributed by atoms with E-state index in [1.165, 1.54) is 4.90 Å². The number of fused-ring (bicyclic) bond motifs is 1. The Morgan fingerprint density at radius 2 is 2.26 bits per heavy atom. The summed E-state index contributed by atoms with van der Waals surface area (Å²) in [5.74, 6) is 1.08. The smallest absolute Gasteiger partial charge is 0.234 e. The van der Waals surface area contributed by atoms with Crippen LogP contribution in [0.4, 0.5) is 5.69 Å². The van der Waals surface area contributed by atoms with Crippen molar-refractivity contribution < 1.29 is 9.53 Å². The molecule has 2 unspecified atom stereocenters. The molecule has 3 rings (SSSR count). The molecule has 0 bridgehead atoms. The first-order valence-electron chi connectivity index (χ1n) is 6.59. The number of rotatable bonds is 2. The van der Waals surface area contributed by atoms with E-state index in [0.717, 1.165) is 18.0 Å². The summed E-state index contributed by atoms with van der Waals surface area (Å²) in [6, 6.07) is 8.26. The van der Waals surface area contributed by atoms with Crippen LogP contribution < -0.4 is 10.2 Å². The average Bonchev–Trinajstić information content (AvgIpc) is 2.94. The van der Waals surface area contributed by atoms with E-state index < -0.39 is 0 Å². The molecule has 2 atom stereocenters. The summed E-state index contributed by atoms with van der Waals surface area (Å²) in [5, 5.41) is 3.18. The van der Waals surface area contributed by atoms with Gasteiger partial charge in [0.05, 0.1) is 24.8 Å².